The van der Waals surface area contributed by atoms with Gasteiger partial charge in [0.1, 0.15) is 5.75 Å². The van der Waals surface area contributed by atoms with Crippen molar-refractivity contribution in [2.24, 2.45) is 0 Å². The highest BCUT2D eigenvalue weighted by Crippen LogP contribution is 2.50. The summed E-state index contributed by atoms with van der Waals surface area (Å²) in [5, 5.41) is 2.96. The number of hydrogen-bond acceptors (Lipinski definition) is 2. The minimum atomic E-state index is -0.410. The first-order chi connectivity index (χ1) is 16.3. The molecule has 172 valence electrons. The van der Waals surface area contributed by atoms with Crippen LogP contribution in [0.3, 0.4) is 0 Å². The zero-order valence-electron chi connectivity index (χ0n) is 19.7. The van der Waals surface area contributed by atoms with Crippen molar-refractivity contribution >= 4 is 34.0 Å². The summed E-state index contributed by atoms with van der Waals surface area (Å²) >= 11 is 6.17. The Bertz CT molecular complexity index is 1360. The van der Waals surface area contributed by atoms with Gasteiger partial charge >= 0.3 is 0 Å². The van der Waals surface area contributed by atoms with Crippen molar-refractivity contribution < 1.29 is 9.53 Å². The molecule has 3 nitrogen and oxygen atoms in total. The van der Waals surface area contributed by atoms with Crippen LogP contribution in [-0.2, 0) is 10.2 Å². The SMILES string of the molecule is CC1(C)C[C@](C)(c2ccc(Cl)cc2)c2ccccc2N1C(=O)COc1ccc2ccccc2c1. The maximum Gasteiger partial charge on any atom is 0.265 e. The van der Waals surface area contributed by atoms with Crippen LogP contribution < -0.4 is 9.64 Å². The van der Waals surface area contributed by atoms with Crippen LogP contribution in [0.1, 0.15) is 38.3 Å². The number of rotatable bonds is 4. The van der Waals surface area contributed by atoms with E-state index in [9.17, 15) is 4.79 Å². The third-order valence-corrected chi connectivity index (χ3v) is 7.20. The van der Waals surface area contributed by atoms with Crippen LogP contribution >= 0.6 is 11.6 Å². The van der Waals surface area contributed by atoms with Gasteiger partial charge in [-0.05, 0) is 72.5 Å². The van der Waals surface area contributed by atoms with Crippen molar-refractivity contribution in [3.63, 3.8) is 0 Å². The molecular formula is C30H28ClNO2. The van der Waals surface area contributed by atoms with Gasteiger partial charge in [-0.25, -0.2) is 0 Å². The summed E-state index contributed by atoms with van der Waals surface area (Å²) in [6.07, 6.45) is 0.778. The summed E-state index contributed by atoms with van der Waals surface area (Å²) in [6, 6.07) is 30.3. The number of benzene rings is 4. The highest BCUT2D eigenvalue weighted by atomic mass is 35.5. The molecule has 1 atom stereocenters. The Morgan fingerprint density at radius 1 is 0.882 bits per heavy atom. The van der Waals surface area contributed by atoms with Gasteiger partial charge in [0.2, 0.25) is 0 Å². The molecule has 1 amide bonds. The van der Waals surface area contributed by atoms with Crippen molar-refractivity contribution in [1.82, 2.24) is 0 Å². The van der Waals surface area contributed by atoms with Gasteiger partial charge in [-0.3, -0.25) is 4.79 Å². The van der Waals surface area contributed by atoms with E-state index in [0.717, 1.165) is 33.5 Å². The number of carbonyl (C=O) groups is 1. The lowest BCUT2D eigenvalue weighted by Gasteiger charge is -2.51. The minimum Gasteiger partial charge on any atom is -0.484 e. The van der Waals surface area contributed by atoms with Crippen molar-refractivity contribution in [1.29, 1.82) is 0 Å². The summed E-state index contributed by atoms with van der Waals surface area (Å²) in [7, 11) is 0. The Hall–Kier alpha value is -3.30. The monoisotopic (exact) mass is 469 g/mol. The number of nitrogens with zero attached hydrogens (tertiary/aromatic N) is 1. The van der Waals surface area contributed by atoms with Gasteiger partial charge in [-0.1, -0.05) is 79.2 Å². The zero-order valence-corrected chi connectivity index (χ0v) is 20.5. The van der Waals surface area contributed by atoms with Crippen molar-refractivity contribution in [3.8, 4) is 5.75 Å². The fourth-order valence-electron chi connectivity index (χ4n) is 5.51. The van der Waals surface area contributed by atoms with Crippen LogP contribution in [0.15, 0.2) is 91.0 Å². The number of fused-ring (bicyclic) bond motifs is 2. The molecule has 0 aromatic heterocycles. The smallest absolute Gasteiger partial charge is 0.265 e. The van der Waals surface area contributed by atoms with Gasteiger partial charge in [0.05, 0.1) is 0 Å². The Balaban J connectivity index is 1.46. The maximum absolute atomic E-state index is 13.6. The Labute approximate surface area is 205 Å². The van der Waals surface area contributed by atoms with Gasteiger partial charge in [-0.2, -0.15) is 0 Å². The number of ether oxygens (including phenoxy) is 1. The predicted molar refractivity (Wildman–Crippen MR) is 140 cm³/mol. The van der Waals surface area contributed by atoms with E-state index in [1.165, 1.54) is 5.56 Å². The van der Waals surface area contributed by atoms with Gasteiger partial charge in [-0.15, -0.1) is 0 Å². The van der Waals surface area contributed by atoms with E-state index in [4.69, 9.17) is 16.3 Å². The molecule has 0 radical (unpaired) electrons. The summed E-state index contributed by atoms with van der Waals surface area (Å²) in [6.45, 7) is 6.49. The summed E-state index contributed by atoms with van der Waals surface area (Å²) < 4.78 is 5.98. The highest BCUT2D eigenvalue weighted by Gasteiger charge is 2.47. The standard InChI is InChI=1S/C30H28ClNO2/c1-29(2)20-30(3,23-13-15-24(31)16-14-23)26-10-6-7-11-27(26)32(29)28(33)19-34-25-17-12-21-8-4-5-9-22(21)18-25/h4-18H,19-20H2,1-3H3/t30-/m1/s1. The molecular weight excluding hydrogens is 442 g/mol. The second-order valence-electron chi connectivity index (χ2n) is 9.87. The second kappa shape index (κ2) is 8.48. The molecule has 4 aromatic carbocycles. The van der Waals surface area contributed by atoms with E-state index in [1.54, 1.807) is 0 Å². The first-order valence-electron chi connectivity index (χ1n) is 11.6. The molecule has 0 saturated heterocycles. The third kappa shape index (κ3) is 3.95. The largest absolute Gasteiger partial charge is 0.484 e. The molecule has 0 fully saturated rings. The summed E-state index contributed by atoms with van der Waals surface area (Å²) in [4.78, 5) is 15.5. The van der Waals surface area contributed by atoms with Crippen molar-refractivity contribution in [2.75, 3.05) is 11.5 Å². The van der Waals surface area contributed by atoms with Gasteiger partial charge in [0, 0.05) is 21.7 Å². The van der Waals surface area contributed by atoms with Gasteiger partial charge < -0.3 is 9.64 Å². The van der Waals surface area contributed by atoms with Crippen LogP contribution in [0.25, 0.3) is 10.8 Å². The van der Waals surface area contributed by atoms with E-state index in [0.29, 0.717) is 5.75 Å². The second-order valence-corrected chi connectivity index (χ2v) is 10.3. The molecule has 1 heterocycles. The molecule has 4 heteroatoms. The van der Waals surface area contributed by atoms with Crippen LogP contribution in [0, 0.1) is 0 Å². The highest BCUT2D eigenvalue weighted by molar-refractivity contribution is 6.30. The minimum absolute atomic E-state index is 0.0201. The first kappa shape index (κ1) is 22.5. The molecule has 0 unspecified atom stereocenters. The molecule has 4 aromatic rings. The molecule has 0 spiro atoms. The fourth-order valence-corrected chi connectivity index (χ4v) is 5.64. The molecule has 1 aliphatic heterocycles. The van der Waals surface area contributed by atoms with E-state index >= 15 is 0 Å². The van der Waals surface area contributed by atoms with E-state index < -0.39 is 5.54 Å². The number of para-hydroxylation sites is 1. The van der Waals surface area contributed by atoms with Crippen LogP contribution in [0.2, 0.25) is 5.02 Å². The summed E-state index contributed by atoms with van der Waals surface area (Å²) in [5.41, 5.74) is 2.60. The van der Waals surface area contributed by atoms with E-state index in [-0.39, 0.29) is 17.9 Å². The molecule has 0 saturated carbocycles. The molecule has 0 aliphatic carbocycles. The number of amides is 1. The Kier molecular flexibility index (Phi) is 5.61. The number of halogens is 1. The van der Waals surface area contributed by atoms with Crippen molar-refractivity contribution in [3.05, 3.63) is 107 Å². The lowest BCUT2D eigenvalue weighted by molar-refractivity contribution is -0.121. The average molecular weight is 470 g/mol. The maximum atomic E-state index is 13.6. The zero-order chi connectivity index (χ0) is 23.9. The molecule has 5 rings (SSSR count). The molecule has 0 N–H and O–H groups in total. The van der Waals surface area contributed by atoms with Crippen LogP contribution in [0.4, 0.5) is 5.69 Å². The Morgan fingerprint density at radius 3 is 2.32 bits per heavy atom. The lowest BCUT2D eigenvalue weighted by Crippen LogP contribution is -2.57. The van der Waals surface area contributed by atoms with E-state index in [2.05, 4.69) is 45.0 Å². The van der Waals surface area contributed by atoms with E-state index in [1.807, 2.05) is 71.6 Å². The molecule has 0 bridgehead atoms. The Morgan fingerprint density at radius 2 is 1.56 bits per heavy atom. The van der Waals surface area contributed by atoms with Gasteiger partial charge in [0.15, 0.2) is 6.61 Å². The summed E-state index contributed by atoms with van der Waals surface area (Å²) in [5.74, 6) is 0.643. The van der Waals surface area contributed by atoms with Crippen molar-refractivity contribution in [2.45, 2.75) is 38.1 Å². The average Bonchev–Trinajstić information content (AvgIpc) is 2.82. The predicted octanol–water partition coefficient (Wildman–Crippen LogP) is 7.39. The third-order valence-electron chi connectivity index (χ3n) is 6.94. The number of carbonyl (C=O) groups excluding carboxylic acids is 1. The topological polar surface area (TPSA) is 29.5 Å². The molecule has 1 aliphatic rings. The quantitative estimate of drug-likeness (QED) is 0.311. The van der Waals surface area contributed by atoms with Crippen LogP contribution in [-0.4, -0.2) is 18.1 Å². The molecule has 34 heavy (non-hydrogen) atoms. The van der Waals surface area contributed by atoms with Crippen LogP contribution in [0.5, 0.6) is 5.75 Å². The van der Waals surface area contributed by atoms with Gasteiger partial charge in [0.25, 0.3) is 5.91 Å². The fraction of sp³-hybridized carbons (Fsp3) is 0.233. The number of anilines is 1. The first-order valence-corrected chi connectivity index (χ1v) is 12.0. The number of hydrogen-bond donors (Lipinski definition) is 0. The lowest BCUT2D eigenvalue weighted by atomic mass is 9.65. The normalized spacial score (nSPS) is 19.0.